The van der Waals surface area contributed by atoms with E-state index < -0.39 is 6.29 Å². The largest absolute Gasteiger partial charge is 0.367 e. The first-order valence-electron chi connectivity index (χ1n) is 5.30. The fourth-order valence-electron chi connectivity index (χ4n) is 2.17. The second kappa shape index (κ2) is 4.60. The van der Waals surface area contributed by atoms with Gasteiger partial charge in [0.25, 0.3) is 0 Å². The lowest BCUT2D eigenvalue weighted by molar-refractivity contribution is -0.148. The number of hydrogen-bond acceptors (Lipinski definition) is 2. The highest BCUT2D eigenvalue weighted by molar-refractivity contribution is 5.22. The normalized spacial score (nSPS) is 31.1. The molecule has 1 fully saturated rings. The molecule has 80 valence electrons. The molecule has 15 heavy (non-hydrogen) atoms. The predicted molar refractivity (Wildman–Crippen MR) is 59.4 cm³/mol. The van der Waals surface area contributed by atoms with Crippen LogP contribution in [0.5, 0.6) is 0 Å². The Morgan fingerprint density at radius 1 is 1.33 bits per heavy atom. The van der Waals surface area contributed by atoms with Gasteiger partial charge in [0.2, 0.25) is 0 Å². The minimum Gasteiger partial charge on any atom is -0.367 e. The number of allylic oxidation sites excluding steroid dienone is 1. The van der Waals surface area contributed by atoms with Crippen LogP contribution < -0.4 is 0 Å². The van der Waals surface area contributed by atoms with Crippen molar-refractivity contribution >= 4 is 0 Å². The zero-order chi connectivity index (χ0) is 10.7. The molecule has 0 aromatic heterocycles. The highest BCUT2D eigenvalue weighted by Crippen LogP contribution is 2.35. The molecule has 3 unspecified atom stereocenters. The Morgan fingerprint density at radius 3 is 2.73 bits per heavy atom. The van der Waals surface area contributed by atoms with Gasteiger partial charge in [-0.25, -0.2) is 0 Å². The summed E-state index contributed by atoms with van der Waals surface area (Å²) in [6.45, 7) is 4.44. The summed E-state index contributed by atoms with van der Waals surface area (Å²) in [5, 5.41) is 9.85. The second-order valence-electron chi connectivity index (χ2n) is 3.89. The first-order chi connectivity index (χ1) is 7.33. The number of aliphatic hydroxyl groups excluding tert-OH is 1. The summed E-state index contributed by atoms with van der Waals surface area (Å²) in [7, 11) is 0. The Bertz CT molecular complexity index is 321. The minimum atomic E-state index is -0.704. The first kappa shape index (κ1) is 10.4. The van der Waals surface area contributed by atoms with Gasteiger partial charge < -0.3 is 9.84 Å². The van der Waals surface area contributed by atoms with Crippen LogP contribution in [-0.2, 0) is 4.74 Å². The third kappa shape index (κ3) is 2.11. The van der Waals surface area contributed by atoms with Crippen molar-refractivity contribution in [1.29, 1.82) is 0 Å². The molecule has 1 aliphatic rings. The highest BCUT2D eigenvalue weighted by atomic mass is 16.6. The third-order valence-electron chi connectivity index (χ3n) is 3.00. The van der Waals surface area contributed by atoms with E-state index >= 15 is 0 Å². The number of hydrogen-bond donors (Lipinski definition) is 1. The van der Waals surface area contributed by atoms with Crippen molar-refractivity contribution in [2.45, 2.75) is 18.6 Å². The van der Waals surface area contributed by atoms with Gasteiger partial charge in [0, 0.05) is 5.92 Å². The van der Waals surface area contributed by atoms with Crippen LogP contribution >= 0.6 is 0 Å². The molecule has 2 heteroatoms. The fraction of sp³-hybridized carbons (Fsp3) is 0.385. The molecule has 0 spiro atoms. The summed E-state index contributed by atoms with van der Waals surface area (Å²) in [5.41, 5.74) is 1.12. The van der Waals surface area contributed by atoms with Crippen LogP contribution in [0.3, 0.4) is 0 Å². The van der Waals surface area contributed by atoms with E-state index in [2.05, 4.69) is 6.58 Å². The average Bonchev–Trinajstić information content (AvgIpc) is 2.29. The van der Waals surface area contributed by atoms with Crippen molar-refractivity contribution in [3.63, 3.8) is 0 Å². The number of benzene rings is 1. The molecule has 0 radical (unpaired) electrons. The van der Waals surface area contributed by atoms with Gasteiger partial charge >= 0.3 is 0 Å². The van der Waals surface area contributed by atoms with Crippen LogP contribution in [0.25, 0.3) is 0 Å². The summed E-state index contributed by atoms with van der Waals surface area (Å²) >= 11 is 0. The molecule has 0 saturated carbocycles. The smallest absolute Gasteiger partial charge is 0.161 e. The van der Waals surface area contributed by atoms with Gasteiger partial charge in [-0.2, -0.15) is 0 Å². The predicted octanol–water partition coefficient (Wildman–Crippen LogP) is 2.31. The quantitative estimate of drug-likeness (QED) is 0.749. The summed E-state index contributed by atoms with van der Waals surface area (Å²) in [6.07, 6.45) is 2.15. The maximum Gasteiger partial charge on any atom is 0.161 e. The minimum absolute atomic E-state index is 0.0254. The Balaban J connectivity index is 2.27. The molecule has 3 atom stereocenters. The van der Waals surface area contributed by atoms with Crippen molar-refractivity contribution in [1.82, 2.24) is 0 Å². The lowest BCUT2D eigenvalue weighted by atomic mass is 9.82. The maximum absolute atomic E-state index is 9.85. The van der Waals surface area contributed by atoms with Crippen LogP contribution in [-0.4, -0.2) is 18.0 Å². The van der Waals surface area contributed by atoms with Crippen molar-refractivity contribution in [2.75, 3.05) is 6.61 Å². The summed E-state index contributed by atoms with van der Waals surface area (Å²) in [4.78, 5) is 0. The standard InChI is InChI=1S/C13H16O2/c1-2-10-8-9-15-13(14)12(10)11-6-4-3-5-7-11/h2-7,10,12-14H,1,8-9H2. The second-order valence-corrected chi connectivity index (χ2v) is 3.89. The molecule has 0 aliphatic carbocycles. The van der Waals surface area contributed by atoms with Gasteiger partial charge in [0.15, 0.2) is 6.29 Å². The Kier molecular flexibility index (Phi) is 3.19. The van der Waals surface area contributed by atoms with Crippen LogP contribution in [0, 0.1) is 5.92 Å². The van der Waals surface area contributed by atoms with E-state index in [0.29, 0.717) is 12.5 Å². The molecule has 1 aromatic rings. The Labute approximate surface area is 90.2 Å². The van der Waals surface area contributed by atoms with Crippen LogP contribution in [0.15, 0.2) is 43.0 Å². The zero-order valence-corrected chi connectivity index (χ0v) is 8.67. The topological polar surface area (TPSA) is 29.5 Å². The summed E-state index contributed by atoms with van der Waals surface area (Å²) in [6, 6.07) is 9.99. The van der Waals surface area contributed by atoms with Crippen LogP contribution in [0.1, 0.15) is 17.9 Å². The van der Waals surface area contributed by atoms with Gasteiger partial charge in [-0.15, -0.1) is 6.58 Å². The SMILES string of the molecule is C=CC1CCOC(O)C1c1ccccc1. The first-order valence-corrected chi connectivity index (χ1v) is 5.30. The molecular weight excluding hydrogens is 188 g/mol. The van der Waals surface area contributed by atoms with E-state index in [1.807, 2.05) is 36.4 Å². The number of aliphatic hydroxyl groups is 1. The lowest BCUT2D eigenvalue weighted by Crippen LogP contribution is -2.33. The van der Waals surface area contributed by atoms with E-state index in [1.54, 1.807) is 0 Å². The fourth-order valence-corrected chi connectivity index (χ4v) is 2.17. The number of ether oxygens (including phenoxy) is 1. The zero-order valence-electron chi connectivity index (χ0n) is 8.67. The van der Waals surface area contributed by atoms with E-state index in [1.165, 1.54) is 0 Å². The molecule has 1 aromatic carbocycles. The van der Waals surface area contributed by atoms with Crippen molar-refractivity contribution in [3.05, 3.63) is 48.6 Å². The summed E-state index contributed by atoms with van der Waals surface area (Å²) in [5.74, 6) is 0.327. The maximum atomic E-state index is 9.85. The molecule has 0 bridgehead atoms. The lowest BCUT2D eigenvalue weighted by Gasteiger charge is -2.34. The summed E-state index contributed by atoms with van der Waals surface area (Å²) < 4.78 is 5.28. The molecule has 1 aliphatic heterocycles. The van der Waals surface area contributed by atoms with Gasteiger partial charge in [0.05, 0.1) is 6.61 Å². The molecule has 1 saturated heterocycles. The van der Waals surface area contributed by atoms with E-state index in [0.717, 1.165) is 12.0 Å². The number of rotatable bonds is 2. The highest BCUT2D eigenvalue weighted by Gasteiger charge is 2.32. The van der Waals surface area contributed by atoms with Gasteiger partial charge in [-0.3, -0.25) is 0 Å². The Hall–Kier alpha value is -1.12. The molecule has 0 amide bonds. The third-order valence-corrected chi connectivity index (χ3v) is 3.00. The Morgan fingerprint density at radius 2 is 2.07 bits per heavy atom. The van der Waals surface area contributed by atoms with Crippen LogP contribution in [0.4, 0.5) is 0 Å². The molecular formula is C13H16O2. The monoisotopic (exact) mass is 204 g/mol. The molecule has 1 N–H and O–H groups in total. The van der Waals surface area contributed by atoms with Crippen molar-refractivity contribution in [3.8, 4) is 0 Å². The van der Waals surface area contributed by atoms with E-state index in [-0.39, 0.29) is 5.92 Å². The van der Waals surface area contributed by atoms with Crippen molar-refractivity contribution in [2.24, 2.45) is 5.92 Å². The van der Waals surface area contributed by atoms with Crippen LogP contribution in [0.2, 0.25) is 0 Å². The van der Waals surface area contributed by atoms with Gasteiger partial charge in [-0.1, -0.05) is 36.4 Å². The van der Waals surface area contributed by atoms with E-state index in [4.69, 9.17) is 4.74 Å². The molecule has 1 heterocycles. The van der Waals surface area contributed by atoms with Gasteiger partial charge in [-0.05, 0) is 17.9 Å². The van der Waals surface area contributed by atoms with Crippen molar-refractivity contribution < 1.29 is 9.84 Å². The van der Waals surface area contributed by atoms with E-state index in [9.17, 15) is 5.11 Å². The average molecular weight is 204 g/mol. The van der Waals surface area contributed by atoms with Gasteiger partial charge in [0.1, 0.15) is 0 Å². The molecule has 2 rings (SSSR count). The molecule has 2 nitrogen and oxygen atoms in total.